The number of rotatable bonds is 6. The molecule has 4 N–H and O–H groups in total. The molecule has 0 aromatic heterocycles. The van der Waals surface area contributed by atoms with Crippen LogP contribution in [0, 0.1) is 5.92 Å². The highest BCUT2D eigenvalue weighted by Crippen LogP contribution is 2.22. The summed E-state index contributed by atoms with van der Waals surface area (Å²) in [6.07, 6.45) is 3.98. The van der Waals surface area contributed by atoms with Gasteiger partial charge in [0.05, 0.1) is 0 Å². The summed E-state index contributed by atoms with van der Waals surface area (Å²) in [5, 5.41) is 19.2. The number of hydrogen-bond acceptors (Lipinski definition) is 5. The summed E-state index contributed by atoms with van der Waals surface area (Å²) in [5.74, 6) is -1.50. The number of carbonyl (C=O) groups excluding carboxylic acids is 3. The van der Waals surface area contributed by atoms with E-state index in [0.717, 1.165) is 11.1 Å². The van der Waals surface area contributed by atoms with E-state index in [9.17, 15) is 19.5 Å². The van der Waals surface area contributed by atoms with Gasteiger partial charge in [-0.2, -0.15) is 0 Å². The van der Waals surface area contributed by atoms with Gasteiger partial charge in [-0.3, -0.25) is 14.4 Å². The molecule has 2 aliphatic heterocycles. The minimum Gasteiger partial charge on any atom is -0.487 e. The third-order valence-corrected chi connectivity index (χ3v) is 6.48. The number of aliphatic hydroxyl groups excluding tert-OH is 1. The third-order valence-electron chi connectivity index (χ3n) is 6.48. The van der Waals surface area contributed by atoms with Crippen molar-refractivity contribution in [2.24, 2.45) is 5.92 Å². The van der Waals surface area contributed by atoms with Crippen LogP contribution in [0.25, 0.3) is 12.2 Å². The molecular weight excluding hydrogens is 506 g/mol. The Bertz CT molecular complexity index is 1350. The lowest BCUT2D eigenvalue weighted by atomic mass is 9.96. The van der Waals surface area contributed by atoms with Crippen molar-refractivity contribution in [2.45, 2.75) is 38.1 Å². The molecule has 206 valence electrons. The molecule has 0 spiro atoms. The van der Waals surface area contributed by atoms with Gasteiger partial charge in [0.25, 0.3) is 0 Å². The lowest BCUT2D eigenvalue weighted by Gasteiger charge is -2.32. The lowest BCUT2D eigenvalue weighted by molar-refractivity contribution is -0.135. The van der Waals surface area contributed by atoms with E-state index in [1.807, 2.05) is 56.3 Å². The Kier molecular flexibility index (Phi) is 9.48. The van der Waals surface area contributed by atoms with Gasteiger partial charge >= 0.3 is 0 Å². The highest BCUT2D eigenvalue weighted by molar-refractivity contribution is 5.97. The van der Waals surface area contributed by atoms with Crippen LogP contribution in [0.1, 0.15) is 36.6 Å². The van der Waals surface area contributed by atoms with Gasteiger partial charge in [0, 0.05) is 12.3 Å². The van der Waals surface area contributed by atoms with Crippen molar-refractivity contribution >= 4 is 29.9 Å². The Morgan fingerprint density at radius 3 is 2.23 bits per heavy atom. The van der Waals surface area contributed by atoms with Crippen molar-refractivity contribution in [1.29, 1.82) is 0 Å². The average Bonchev–Trinajstić information content (AvgIpc) is 2.97. The molecule has 0 saturated carbocycles. The summed E-state index contributed by atoms with van der Waals surface area (Å²) >= 11 is 0. The third kappa shape index (κ3) is 7.45. The van der Waals surface area contributed by atoms with Gasteiger partial charge in [-0.05, 0) is 46.9 Å². The van der Waals surface area contributed by atoms with Crippen LogP contribution in [0.4, 0.5) is 0 Å². The van der Waals surface area contributed by atoms with Crippen LogP contribution in [0.15, 0.2) is 97.2 Å². The average molecular weight is 540 g/mol. The van der Waals surface area contributed by atoms with E-state index >= 15 is 0 Å². The maximum atomic E-state index is 13.8. The maximum absolute atomic E-state index is 13.8. The maximum Gasteiger partial charge on any atom is 0.249 e. The molecule has 8 heteroatoms. The number of carbonyl (C=O) groups is 3. The second-order valence-electron chi connectivity index (χ2n) is 9.81. The van der Waals surface area contributed by atoms with Crippen LogP contribution >= 0.6 is 0 Å². The monoisotopic (exact) mass is 539 g/mol. The Hall–Kier alpha value is -4.69. The minimum absolute atomic E-state index is 0.215. The zero-order valence-corrected chi connectivity index (χ0v) is 22.4. The van der Waals surface area contributed by atoms with Crippen LogP contribution in [0.5, 0.6) is 5.75 Å². The summed E-state index contributed by atoms with van der Waals surface area (Å²) in [6.45, 7) is 3.75. The van der Waals surface area contributed by atoms with Gasteiger partial charge in [-0.25, -0.2) is 0 Å². The number of benzene rings is 3. The molecule has 2 aliphatic rings. The summed E-state index contributed by atoms with van der Waals surface area (Å²) in [6, 6.07) is 22.5. The van der Waals surface area contributed by atoms with Crippen molar-refractivity contribution in [3.8, 4) is 5.75 Å². The smallest absolute Gasteiger partial charge is 0.249 e. The molecule has 5 rings (SSSR count). The summed E-state index contributed by atoms with van der Waals surface area (Å²) in [5.41, 5.74) is 2.08. The molecule has 0 fully saturated rings. The molecule has 3 amide bonds. The van der Waals surface area contributed by atoms with E-state index in [-0.39, 0.29) is 5.92 Å². The number of amides is 3. The van der Waals surface area contributed by atoms with E-state index < -0.39 is 42.0 Å². The first kappa shape index (κ1) is 28.3. The molecule has 2 heterocycles. The summed E-state index contributed by atoms with van der Waals surface area (Å²) in [7, 11) is 0. The number of nitrogens with one attached hydrogen (secondary N) is 3. The largest absolute Gasteiger partial charge is 0.487 e. The molecule has 40 heavy (non-hydrogen) atoms. The van der Waals surface area contributed by atoms with Gasteiger partial charge in [0.2, 0.25) is 17.7 Å². The molecule has 0 radical (unpaired) electrons. The fraction of sp³-hybridized carbons (Fsp3) is 0.219. The van der Waals surface area contributed by atoms with Gasteiger partial charge in [0.15, 0.2) is 0 Å². The van der Waals surface area contributed by atoms with Crippen LogP contribution in [-0.4, -0.2) is 41.0 Å². The number of aliphatic hydroxyl groups is 1. The molecule has 3 aromatic rings. The Morgan fingerprint density at radius 1 is 0.925 bits per heavy atom. The number of ether oxygens (including phenoxy) is 1. The van der Waals surface area contributed by atoms with Crippen molar-refractivity contribution < 1.29 is 24.2 Å². The standard InChI is InChI=1S/C32H33N3O5/c1-21(2)30-28(34-26(36)18-15-22-9-5-3-6-10-22)32(39)35-27(29(37)24-11-7-4-8-12-24)31(38)33-20-19-23-13-16-25(40-30)17-14-23/h3-21,27-30,37H,1-2H3,(H,33,38)(H,34,36)(H,35,39)/b18-15+,20-19-/t27-,28-,29-,30-/m0/s1. The Morgan fingerprint density at radius 2 is 1.57 bits per heavy atom. The van der Waals surface area contributed by atoms with Crippen molar-refractivity contribution in [2.75, 3.05) is 0 Å². The highest BCUT2D eigenvalue weighted by atomic mass is 16.5. The molecule has 2 bridgehead atoms. The predicted octanol–water partition coefficient (Wildman–Crippen LogP) is 3.61. The van der Waals surface area contributed by atoms with Crippen LogP contribution < -0.4 is 20.7 Å². The van der Waals surface area contributed by atoms with Gasteiger partial charge < -0.3 is 25.8 Å². The minimum atomic E-state index is -1.35. The van der Waals surface area contributed by atoms with Crippen molar-refractivity contribution in [3.63, 3.8) is 0 Å². The summed E-state index contributed by atoms with van der Waals surface area (Å²) in [4.78, 5) is 40.1. The van der Waals surface area contributed by atoms with E-state index in [1.54, 1.807) is 54.6 Å². The van der Waals surface area contributed by atoms with Crippen molar-refractivity contribution in [3.05, 3.63) is 114 Å². The highest BCUT2D eigenvalue weighted by Gasteiger charge is 2.38. The van der Waals surface area contributed by atoms with E-state index in [4.69, 9.17) is 4.74 Å². The SMILES string of the molecule is CC(C)[C@@H]1Oc2ccc(cc2)/C=C\NC(=O)[C@H]([C@@H](O)c2ccccc2)NC(=O)[C@H]1NC(=O)/C=C/c1ccccc1. The van der Waals surface area contributed by atoms with Gasteiger partial charge in [-0.15, -0.1) is 0 Å². The zero-order valence-electron chi connectivity index (χ0n) is 22.4. The van der Waals surface area contributed by atoms with Gasteiger partial charge in [0.1, 0.15) is 30.0 Å². The van der Waals surface area contributed by atoms with E-state index in [2.05, 4.69) is 16.0 Å². The van der Waals surface area contributed by atoms with E-state index in [0.29, 0.717) is 11.3 Å². The topological polar surface area (TPSA) is 117 Å². The first-order valence-electron chi connectivity index (χ1n) is 13.1. The van der Waals surface area contributed by atoms with Crippen LogP contribution in [0.2, 0.25) is 0 Å². The number of fused-ring (bicyclic) bond motifs is 10. The molecule has 0 aliphatic carbocycles. The Labute approximate surface area is 233 Å². The summed E-state index contributed by atoms with van der Waals surface area (Å²) < 4.78 is 6.24. The molecule has 0 unspecified atom stereocenters. The molecule has 0 saturated heterocycles. The zero-order chi connectivity index (χ0) is 28.5. The normalized spacial score (nSPS) is 21.1. The molecule has 4 atom stereocenters. The van der Waals surface area contributed by atoms with Crippen molar-refractivity contribution in [1.82, 2.24) is 16.0 Å². The molecular formula is C32H33N3O5. The van der Waals surface area contributed by atoms with Crippen LogP contribution in [0.3, 0.4) is 0 Å². The fourth-order valence-electron chi connectivity index (χ4n) is 4.32. The van der Waals surface area contributed by atoms with Gasteiger partial charge in [-0.1, -0.05) is 86.6 Å². The lowest BCUT2D eigenvalue weighted by Crippen LogP contribution is -2.60. The van der Waals surface area contributed by atoms with E-state index in [1.165, 1.54) is 12.3 Å². The number of hydrogen-bond donors (Lipinski definition) is 4. The predicted molar refractivity (Wildman–Crippen MR) is 154 cm³/mol. The molecule has 8 nitrogen and oxygen atoms in total. The first-order chi connectivity index (χ1) is 19.3. The molecule has 3 aromatic carbocycles. The second-order valence-corrected chi connectivity index (χ2v) is 9.81. The second kappa shape index (κ2) is 13.4. The fourth-order valence-corrected chi connectivity index (χ4v) is 4.32. The first-order valence-corrected chi connectivity index (χ1v) is 13.1. The quantitative estimate of drug-likeness (QED) is 0.357. The Balaban J connectivity index is 1.69. The van der Waals surface area contributed by atoms with Crippen LogP contribution in [-0.2, 0) is 14.4 Å².